The Hall–Kier alpha value is -2.14. The van der Waals surface area contributed by atoms with Crippen LogP contribution in [0.1, 0.15) is 43.2 Å². The number of aryl methyl sites for hydroxylation is 2. The van der Waals surface area contributed by atoms with E-state index in [1.54, 1.807) is 0 Å². The Morgan fingerprint density at radius 2 is 2.04 bits per heavy atom. The third-order valence-electron chi connectivity index (χ3n) is 5.13. The van der Waals surface area contributed by atoms with E-state index in [-0.39, 0.29) is 17.6 Å². The van der Waals surface area contributed by atoms with Gasteiger partial charge in [-0.3, -0.25) is 9.48 Å². The van der Waals surface area contributed by atoms with E-state index in [1.807, 2.05) is 47.9 Å². The summed E-state index contributed by atoms with van der Waals surface area (Å²) in [5, 5.41) is 4.26. The fourth-order valence-corrected chi connectivity index (χ4v) is 3.32. The van der Waals surface area contributed by atoms with Crippen LogP contribution >= 0.6 is 0 Å². The van der Waals surface area contributed by atoms with Gasteiger partial charge in [0, 0.05) is 19.2 Å². The van der Waals surface area contributed by atoms with Crippen molar-refractivity contribution >= 4 is 5.91 Å². The lowest BCUT2D eigenvalue weighted by atomic mass is 9.97. The standard InChI is InChI=1S/C20H27N3O2/c1-15-17(12-21-22(15)4)10-11-19(24)23-13-18(25-14-20(23,2)3)16-8-6-5-7-9-16/h5-9,12,18H,10-11,13-14H2,1-4H3. The molecule has 0 saturated carbocycles. The smallest absolute Gasteiger partial charge is 0.223 e. The van der Waals surface area contributed by atoms with Crippen LogP contribution in [-0.2, 0) is 23.0 Å². The van der Waals surface area contributed by atoms with Gasteiger partial charge in [0.05, 0.1) is 24.9 Å². The molecule has 1 aromatic heterocycles. The predicted molar refractivity (Wildman–Crippen MR) is 97.2 cm³/mol. The molecular weight excluding hydrogens is 314 g/mol. The molecule has 1 atom stereocenters. The van der Waals surface area contributed by atoms with Gasteiger partial charge >= 0.3 is 0 Å². The van der Waals surface area contributed by atoms with Crippen LogP contribution < -0.4 is 0 Å². The Kier molecular flexibility index (Phi) is 4.95. The molecule has 1 unspecified atom stereocenters. The number of morpholine rings is 1. The maximum atomic E-state index is 12.9. The van der Waals surface area contributed by atoms with Crippen LogP contribution in [0, 0.1) is 6.92 Å². The van der Waals surface area contributed by atoms with Gasteiger partial charge in [0.1, 0.15) is 6.10 Å². The maximum absolute atomic E-state index is 12.9. The lowest BCUT2D eigenvalue weighted by Crippen LogP contribution is -2.56. The second kappa shape index (κ2) is 7.00. The Balaban J connectivity index is 1.69. The third kappa shape index (κ3) is 3.76. The number of ether oxygens (including phenoxy) is 1. The highest BCUT2D eigenvalue weighted by molar-refractivity contribution is 5.77. The summed E-state index contributed by atoms with van der Waals surface area (Å²) in [4.78, 5) is 14.9. The van der Waals surface area contributed by atoms with Crippen LogP contribution in [0.4, 0.5) is 0 Å². The van der Waals surface area contributed by atoms with Crippen molar-refractivity contribution in [2.75, 3.05) is 13.2 Å². The molecule has 5 nitrogen and oxygen atoms in total. The molecule has 134 valence electrons. The van der Waals surface area contributed by atoms with Crippen LogP contribution in [0.5, 0.6) is 0 Å². The largest absolute Gasteiger partial charge is 0.369 e. The second-order valence-electron chi connectivity index (χ2n) is 7.41. The fourth-order valence-electron chi connectivity index (χ4n) is 3.32. The predicted octanol–water partition coefficient (Wildman–Crippen LogP) is 3.04. The number of amides is 1. The number of benzene rings is 1. The summed E-state index contributed by atoms with van der Waals surface area (Å²) in [6, 6.07) is 10.1. The van der Waals surface area contributed by atoms with Crippen molar-refractivity contribution in [2.45, 2.75) is 45.3 Å². The average Bonchev–Trinajstić information content (AvgIpc) is 2.92. The van der Waals surface area contributed by atoms with Crippen molar-refractivity contribution in [1.82, 2.24) is 14.7 Å². The molecule has 0 N–H and O–H groups in total. The van der Waals surface area contributed by atoms with Crippen LogP contribution in [0.2, 0.25) is 0 Å². The molecule has 1 saturated heterocycles. The van der Waals surface area contributed by atoms with E-state index < -0.39 is 0 Å². The van der Waals surface area contributed by atoms with Gasteiger partial charge < -0.3 is 9.64 Å². The van der Waals surface area contributed by atoms with Crippen molar-refractivity contribution in [3.05, 3.63) is 53.3 Å². The van der Waals surface area contributed by atoms with Gasteiger partial charge in [-0.1, -0.05) is 30.3 Å². The van der Waals surface area contributed by atoms with Crippen LogP contribution in [-0.4, -0.2) is 39.3 Å². The molecule has 25 heavy (non-hydrogen) atoms. The van der Waals surface area contributed by atoms with Crippen LogP contribution in [0.15, 0.2) is 36.5 Å². The second-order valence-corrected chi connectivity index (χ2v) is 7.41. The molecule has 0 radical (unpaired) electrons. The molecule has 1 fully saturated rings. The van der Waals surface area contributed by atoms with Crippen molar-refractivity contribution in [1.29, 1.82) is 0 Å². The molecule has 1 aliphatic heterocycles. The summed E-state index contributed by atoms with van der Waals surface area (Å²) in [7, 11) is 1.93. The third-order valence-corrected chi connectivity index (χ3v) is 5.13. The number of carbonyl (C=O) groups is 1. The van der Waals surface area contributed by atoms with E-state index in [0.29, 0.717) is 19.6 Å². The minimum atomic E-state index is -0.285. The number of aromatic nitrogens is 2. The summed E-state index contributed by atoms with van der Waals surface area (Å²) < 4.78 is 7.89. The summed E-state index contributed by atoms with van der Waals surface area (Å²) in [6.07, 6.45) is 3.03. The van der Waals surface area contributed by atoms with Crippen molar-refractivity contribution in [2.24, 2.45) is 7.05 Å². The van der Waals surface area contributed by atoms with E-state index in [4.69, 9.17) is 4.74 Å². The van der Waals surface area contributed by atoms with E-state index in [1.165, 1.54) is 0 Å². The van der Waals surface area contributed by atoms with E-state index in [9.17, 15) is 4.79 Å². The first-order chi connectivity index (χ1) is 11.9. The monoisotopic (exact) mass is 341 g/mol. The highest BCUT2D eigenvalue weighted by Gasteiger charge is 2.38. The lowest BCUT2D eigenvalue weighted by Gasteiger charge is -2.45. The summed E-state index contributed by atoms with van der Waals surface area (Å²) in [5.74, 6) is 0.178. The van der Waals surface area contributed by atoms with Crippen molar-refractivity contribution in [3.8, 4) is 0 Å². The Bertz CT molecular complexity index is 737. The van der Waals surface area contributed by atoms with Crippen molar-refractivity contribution < 1.29 is 9.53 Å². The first kappa shape index (κ1) is 17.7. The van der Waals surface area contributed by atoms with E-state index >= 15 is 0 Å². The first-order valence-electron chi connectivity index (χ1n) is 8.83. The maximum Gasteiger partial charge on any atom is 0.223 e. The normalized spacial score (nSPS) is 19.8. The van der Waals surface area contributed by atoms with Gasteiger partial charge in [-0.15, -0.1) is 0 Å². The molecule has 1 aromatic carbocycles. The van der Waals surface area contributed by atoms with Gasteiger partial charge in [0.25, 0.3) is 0 Å². The Morgan fingerprint density at radius 3 is 2.68 bits per heavy atom. The van der Waals surface area contributed by atoms with E-state index in [2.05, 4.69) is 31.1 Å². The van der Waals surface area contributed by atoms with Gasteiger partial charge in [0.2, 0.25) is 5.91 Å². The molecule has 2 aromatic rings. The number of hydrogen-bond acceptors (Lipinski definition) is 3. The highest BCUT2D eigenvalue weighted by atomic mass is 16.5. The van der Waals surface area contributed by atoms with Crippen LogP contribution in [0.3, 0.4) is 0 Å². The minimum absolute atomic E-state index is 0.0571. The molecular formula is C20H27N3O2. The quantitative estimate of drug-likeness (QED) is 0.859. The zero-order valence-corrected chi connectivity index (χ0v) is 15.5. The summed E-state index contributed by atoms with van der Waals surface area (Å²) in [6.45, 7) is 7.33. The lowest BCUT2D eigenvalue weighted by molar-refractivity contribution is -0.154. The molecule has 0 bridgehead atoms. The van der Waals surface area contributed by atoms with Gasteiger partial charge in [-0.05, 0) is 38.3 Å². The summed E-state index contributed by atoms with van der Waals surface area (Å²) >= 11 is 0. The number of rotatable bonds is 4. The van der Waals surface area contributed by atoms with Crippen molar-refractivity contribution in [3.63, 3.8) is 0 Å². The summed E-state index contributed by atoms with van der Waals surface area (Å²) in [5.41, 5.74) is 3.10. The SMILES string of the molecule is Cc1c(CCC(=O)N2CC(c3ccccc3)OCC2(C)C)cnn1C. The minimum Gasteiger partial charge on any atom is -0.369 e. The fraction of sp³-hybridized carbons (Fsp3) is 0.500. The number of nitrogens with zero attached hydrogens (tertiary/aromatic N) is 3. The number of carbonyl (C=O) groups excluding carboxylic acids is 1. The molecule has 1 amide bonds. The zero-order valence-electron chi connectivity index (χ0n) is 15.5. The molecule has 0 aliphatic carbocycles. The molecule has 3 rings (SSSR count). The average molecular weight is 341 g/mol. The Labute approximate surface area is 149 Å². The van der Waals surface area contributed by atoms with Gasteiger partial charge in [0.15, 0.2) is 0 Å². The topological polar surface area (TPSA) is 47.4 Å². The highest BCUT2D eigenvalue weighted by Crippen LogP contribution is 2.31. The molecule has 5 heteroatoms. The molecule has 0 spiro atoms. The number of hydrogen-bond donors (Lipinski definition) is 0. The van der Waals surface area contributed by atoms with Gasteiger partial charge in [-0.2, -0.15) is 5.10 Å². The zero-order chi connectivity index (χ0) is 18.0. The Morgan fingerprint density at radius 1 is 1.32 bits per heavy atom. The molecule has 2 heterocycles. The first-order valence-corrected chi connectivity index (χ1v) is 8.83. The molecule has 1 aliphatic rings. The van der Waals surface area contributed by atoms with E-state index in [0.717, 1.165) is 23.2 Å². The van der Waals surface area contributed by atoms with Crippen LogP contribution in [0.25, 0.3) is 0 Å². The van der Waals surface area contributed by atoms with Gasteiger partial charge in [-0.25, -0.2) is 0 Å².